The minimum absolute atomic E-state index is 0.0218. The van der Waals surface area contributed by atoms with Gasteiger partial charge in [-0.15, -0.1) is 0 Å². The number of hydrogen-bond donors (Lipinski definition) is 1. The zero-order chi connectivity index (χ0) is 18.7. The molecule has 0 fully saturated rings. The van der Waals surface area contributed by atoms with Crippen molar-refractivity contribution in [2.24, 2.45) is 0 Å². The smallest absolute Gasteiger partial charge is 0.261 e. The molecule has 1 rings (SSSR count). The summed E-state index contributed by atoms with van der Waals surface area (Å²) in [6.45, 7) is 3.58. The van der Waals surface area contributed by atoms with Gasteiger partial charge >= 0.3 is 0 Å². The number of benzene rings is 1. The predicted octanol–water partition coefficient (Wildman–Crippen LogP) is 3.31. The Morgan fingerprint density at radius 2 is 2.12 bits per heavy atom. The van der Waals surface area contributed by atoms with Gasteiger partial charge in [0.05, 0.1) is 18.2 Å². The Balaban J connectivity index is 2.97. The minimum Gasteiger partial charge on any atom is -0.493 e. The zero-order valence-corrected chi connectivity index (χ0v) is 16.3. The van der Waals surface area contributed by atoms with Gasteiger partial charge in [-0.05, 0) is 52.5 Å². The van der Waals surface area contributed by atoms with E-state index in [2.05, 4.69) is 21.2 Å². The highest BCUT2D eigenvalue weighted by atomic mass is 79.9. The lowest BCUT2D eigenvalue weighted by molar-refractivity contribution is -0.117. The van der Waals surface area contributed by atoms with Crippen LogP contribution in [0.4, 0.5) is 0 Å². The van der Waals surface area contributed by atoms with E-state index in [9.17, 15) is 10.1 Å². The van der Waals surface area contributed by atoms with Gasteiger partial charge in [0.15, 0.2) is 11.5 Å². The van der Waals surface area contributed by atoms with Crippen LogP contribution in [0.5, 0.6) is 11.5 Å². The van der Waals surface area contributed by atoms with Crippen molar-refractivity contribution in [2.45, 2.75) is 19.8 Å². The first-order chi connectivity index (χ1) is 12.1. The number of hydrogen-bond acceptors (Lipinski definition) is 5. The molecule has 7 heteroatoms. The molecule has 0 aliphatic carbocycles. The third-order valence-corrected chi connectivity index (χ3v) is 3.78. The molecular weight excluding hydrogens is 388 g/mol. The van der Waals surface area contributed by atoms with Gasteiger partial charge in [0.1, 0.15) is 11.6 Å². The van der Waals surface area contributed by atoms with Gasteiger partial charge in [0.2, 0.25) is 0 Å². The number of carbonyl (C=O) groups is 1. The molecule has 0 radical (unpaired) electrons. The van der Waals surface area contributed by atoms with E-state index in [1.165, 1.54) is 6.08 Å². The standard InChI is InChI=1S/C18H23BrN2O4/c1-4-7-25-17-15(19)10-13(11-16(17)24-3)9-14(12-20)18(22)21-6-5-8-23-2/h9-11H,4-8H2,1-3H3,(H,21,22)/b14-9+. The second-order valence-corrected chi connectivity index (χ2v) is 6.01. The molecule has 0 aromatic heterocycles. The molecule has 0 aliphatic heterocycles. The molecule has 1 aromatic rings. The third-order valence-electron chi connectivity index (χ3n) is 3.19. The van der Waals surface area contributed by atoms with Gasteiger partial charge in [-0.25, -0.2) is 0 Å². The van der Waals surface area contributed by atoms with Crippen LogP contribution in [-0.4, -0.2) is 39.9 Å². The Kier molecular flexibility index (Phi) is 9.66. The first-order valence-corrected chi connectivity index (χ1v) is 8.75. The van der Waals surface area contributed by atoms with Crippen molar-refractivity contribution in [1.82, 2.24) is 5.32 Å². The third kappa shape index (κ3) is 6.77. The van der Waals surface area contributed by atoms with E-state index in [0.29, 0.717) is 47.7 Å². The maximum atomic E-state index is 12.1. The van der Waals surface area contributed by atoms with Gasteiger partial charge < -0.3 is 19.5 Å². The first-order valence-electron chi connectivity index (χ1n) is 7.96. The van der Waals surface area contributed by atoms with Gasteiger partial charge in [-0.1, -0.05) is 6.92 Å². The van der Waals surface area contributed by atoms with Gasteiger partial charge in [-0.2, -0.15) is 5.26 Å². The number of halogens is 1. The molecule has 0 heterocycles. The van der Waals surface area contributed by atoms with Crippen LogP contribution >= 0.6 is 15.9 Å². The molecule has 0 unspecified atom stereocenters. The SMILES string of the molecule is CCCOc1c(Br)cc(/C=C(\C#N)C(=O)NCCCOC)cc1OC. The largest absolute Gasteiger partial charge is 0.493 e. The number of nitrogens with zero attached hydrogens (tertiary/aromatic N) is 1. The van der Waals surface area contributed by atoms with E-state index in [1.54, 1.807) is 26.4 Å². The molecule has 1 N–H and O–H groups in total. The molecule has 136 valence electrons. The van der Waals surface area contributed by atoms with E-state index < -0.39 is 5.91 Å². The first kappa shape index (κ1) is 21.0. The summed E-state index contributed by atoms with van der Waals surface area (Å²) in [4.78, 5) is 12.1. The van der Waals surface area contributed by atoms with Crippen molar-refractivity contribution < 1.29 is 19.0 Å². The normalized spacial score (nSPS) is 10.9. The fraction of sp³-hybridized carbons (Fsp3) is 0.444. The van der Waals surface area contributed by atoms with Crippen molar-refractivity contribution in [1.29, 1.82) is 5.26 Å². The molecule has 0 bridgehead atoms. The Labute approximate surface area is 156 Å². The lowest BCUT2D eigenvalue weighted by atomic mass is 10.1. The average molecular weight is 411 g/mol. The van der Waals surface area contributed by atoms with Gasteiger partial charge in [0.25, 0.3) is 5.91 Å². The molecule has 1 aromatic carbocycles. The maximum Gasteiger partial charge on any atom is 0.261 e. The number of carbonyl (C=O) groups excluding carboxylic acids is 1. The molecule has 0 saturated carbocycles. The lowest BCUT2D eigenvalue weighted by Gasteiger charge is -2.13. The van der Waals surface area contributed by atoms with Crippen LogP contribution in [0.15, 0.2) is 22.2 Å². The Morgan fingerprint density at radius 1 is 1.36 bits per heavy atom. The van der Waals surface area contributed by atoms with E-state index in [0.717, 1.165) is 6.42 Å². The van der Waals surface area contributed by atoms with E-state index in [-0.39, 0.29) is 5.57 Å². The van der Waals surface area contributed by atoms with Crippen LogP contribution in [0.2, 0.25) is 0 Å². The molecule has 0 spiro atoms. The minimum atomic E-state index is -0.417. The summed E-state index contributed by atoms with van der Waals surface area (Å²) in [5.74, 6) is 0.718. The molecule has 0 atom stereocenters. The highest BCUT2D eigenvalue weighted by Gasteiger charge is 2.13. The van der Waals surface area contributed by atoms with E-state index in [1.807, 2.05) is 13.0 Å². The Morgan fingerprint density at radius 3 is 2.72 bits per heavy atom. The summed E-state index contributed by atoms with van der Waals surface area (Å²) in [5, 5.41) is 11.9. The summed E-state index contributed by atoms with van der Waals surface area (Å²) >= 11 is 3.45. The summed E-state index contributed by atoms with van der Waals surface area (Å²) in [6, 6.07) is 5.44. The number of amides is 1. The van der Waals surface area contributed by atoms with Crippen molar-refractivity contribution in [3.63, 3.8) is 0 Å². The van der Waals surface area contributed by atoms with Crippen molar-refractivity contribution >= 4 is 27.9 Å². The van der Waals surface area contributed by atoms with Crippen molar-refractivity contribution in [3.05, 3.63) is 27.7 Å². The fourth-order valence-electron chi connectivity index (χ4n) is 2.00. The molecule has 1 amide bonds. The Hall–Kier alpha value is -2.04. The average Bonchev–Trinajstić information content (AvgIpc) is 2.61. The van der Waals surface area contributed by atoms with Crippen molar-refractivity contribution in [3.8, 4) is 17.6 Å². The summed E-state index contributed by atoms with van der Waals surface area (Å²) in [6.07, 6.45) is 3.07. The second kappa shape index (κ2) is 11.5. The number of nitrogens with one attached hydrogen (secondary N) is 1. The number of methoxy groups -OCH3 is 2. The summed E-state index contributed by atoms with van der Waals surface area (Å²) in [5.41, 5.74) is 0.685. The van der Waals surface area contributed by atoms with Crippen LogP contribution < -0.4 is 14.8 Å². The number of rotatable bonds is 10. The van der Waals surface area contributed by atoms with E-state index >= 15 is 0 Å². The highest BCUT2D eigenvalue weighted by molar-refractivity contribution is 9.10. The van der Waals surface area contributed by atoms with Crippen LogP contribution in [0.1, 0.15) is 25.3 Å². The van der Waals surface area contributed by atoms with E-state index in [4.69, 9.17) is 14.2 Å². The topological polar surface area (TPSA) is 80.6 Å². The summed E-state index contributed by atoms with van der Waals surface area (Å²) < 4.78 is 16.6. The number of ether oxygens (including phenoxy) is 3. The summed E-state index contributed by atoms with van der Waals surface area (Å²) in [7, 11) is 3.14. The van der Waals surface area contributed by atoms with Gasteiger partial charge in [0, 0.05) is 20.3 Å². The highest BCUT2D eigenvalue weighted by Crippen LogP contribution is 2.37. The van der Waals surface area contributed by atoms with Crippen molar-refractivity contribution in [2.75, 3.05) is 34.0 Å². The number of nitriles is 1. The van der Waals surface area contributed by atoms with Gasteiger partial charge in [-0.3, -0.25) is 4.79 Å². The molecule has 25 heavy (non-hydrogen) atoms. The predicted molar refractivity (Wildman–Crippen MR) is 99.6 cm³/mol. The fourth-order valence-corrected chi connectivity index (χ4v) is 2.57. The molecule has 0 saturated heterocycles. The quantitative estimate of drug-likeness (QED) is 0.363. The maximum absolute atomic E-state index is 12.1. The second-order valence-electron chi connectivity index (χ2n) is 5.15. The van der Waals surface area contributed by atoms with Crippen LogP contribution in [0.25, 0.3) is 6.08 Å². The molecule has 0 aliphatic rings. The molecule has 6 nitrogen and oxygen atoms in total. The monoisotopic (exact) mass is 410 g/mol. The lowest BCUT2D eigenvalue weighted by Crippen LogP contribution is -2.26. The van der Waals surface area contributed by atoms with Crippen LogP contribution in [0.3, 0.4) is 0 Å². The molecular formula is C18H23BrN2O4. The Bertz CT molecular complexity index is 653. The zero-order valence-electron chi connectivity index (χ0n) is 14.7. The van der Waals surface area contributed by atoms with Crippen LogP contribution in [-0.2, 0) is 9.53 Å². The van der Waals surface area contributed by atoms with Crippen LogP contribution in [0, 0.1) is 11.3 Å².